The Bertz CT molecular complexity index is 1080. The molecule has 24 heavy (non-hydrogen) atoms. The number of aryl methyl sites for hydroxylation is 1. The Balaban J connectivity index is 2.16. The highest BCUT2D eigenvalue weighted by atomic mass is 16.5. The number of benzene rings is 1. The average Bonchev–Trinajstić information content (AvgIpc) is 2.92. The van der Waals surface area contributed by atoms with E-state index in [2.05, 4.69) is 5.16 Å². The molecule has 0 N–H and O–H groups in total. The van der Waals surface area contributed by atoms with Crippen molar-refractivity contribution in [3.63, 3.8) is 0 Å². The zero-order chi connectivity index (χ0) is 17.4. The smallest absolute Gasteiger partial charge is 0.299 e. The summed E-state index contributed by atoms with van der Waals surface area (Å²) in [4.78, 5) is 35.9. The predicted octanol–water partition coefficient (Wildman–Crippen LogP) is 0.257. The van der Waals surface area contributed by atoms with Gasteiger partial charge < -0.3 is 0 Å². The molecule has 0 fully saturated rings. The normalized spacial score (nSPS) is 11.0. The molecule has 0 aliphatic carbocycles. The minimum absolute atomic E-state index is 0.00776. The van der Waals surface area contributed by atoms with Crippen LogP contribution < -0.4 is 17.0 Å². The molecule has 0 saturated heterocycles. The van der Waals surface area contributed by atoms with Crippen LogP contribution in [0.1, 0.15) is 11.3 Å². The summed E-state index contributed by atoms with van der Waals surface area (Å²) >= 11 is 0. The van der Waals surface area contributed by atoms with Crippen LogP contribution in [-0.4, -0.2) is 18.9 Å². The second-order valence-corrected chi connectivity index (χ2v) is 5.55. The maximum Gasteiger partial charge on any atom is 0.442 e. The van der Waals surface area contributed by atoms with Crippen LogP contribution in [-0.2, 0) is 20.6 Å². The Hall–Kier alpha value is -3.16. The number of rotatable bonds is 3. The molecule has 3 aromatic rings. The number of hydrogen-bond donors (Lipinski definition) is 0. The fourth-order valence-corrected chi connectivity index (χ4v) is 2.52. The first-order chi connectivity index (χ1) is 11.4. The molecule has 0 aliphatic rings. The second kappa shape index (κ2) is 5.80. The van der Waals surface area contributed by atoms with Gasteiger partial charge in [-0.1, -0.05) is 29.4 Å². The fourth-order valence-electron chi connectivity index (χ4n) is 2.52. The quantitative estimate of drug-likeness (QED) is 0.687. The van der Waals surface area contributed by atoms with Crippen LogP contribution in [0.2, 0.25) is 0 Å². The lowest BCUT2D eigenvalue weighted by Gasteiger charge is -2.11. The van der Waals surface area contributed by atoms with E-state index in [1.165, 1.54) is 22.2 Å². The first-order valence-electron chi connectivity index (χ1n) is 7.28. The van der Waals surface area contributed by atoms with Crippen LogP contribution >= 0.6 is 0 Å². The lowest BCUT2D eigenvalue weighted by molar-refractivity contribution is 0.377. The highest BCUT2D eigenvalue weighted by molar-refractivity contribution is 5.59. The van der Waals surface area contributed by atoms with Gasteiger partial charge in [-0.25, -0.2) is 9.59 Å². The zero-order valence-electron chi connectivity index (χ0n) is 13.5. The van der Waals surface area contributed by atoms with Gasteiger partial charge in [0.1, 0.15) is 0 Å². The van der Waals surface area contributed by atoms with Crippen molar-refractivity contribution in [1.29, 1.82) is 0 Å². The zero-order valence-corrected chi connectivity index (χ0v) is 13.5. The molecule has 0 unspecified atom stereocenters. The van der Waals surface area contributed by atoms with Crippen LogP contribution in [0.3, 0.4) is 0 Å². The molecule has 0 bridgehead atoms. The summed E-state index contributed by atoms with van der Waals surface area (Å²) < 4.78 is 8.41. The van der Waals surface area contributed by atoms with E-state index in [-0.39, 0.29) is 6.54 Å². The number of nitrogens with zero attached hydrogens (tertiary/aromatic N) is 4. The molecule has 8 nitrogen and oxygen atoms in total. The standard InChI is InChI=1S/C16H16N4O4/c1-10-6-4-5-7-12(10)14-17-24-16(23)20(14)9-11-8-13(21)19(3)15(22)18(11)2/h4-8H,9H2,1-3H3. The number of hydrogen-bond acceptors (Lipinski definition) is 5. The van der Waals surface area contributed by atoms with Gasteiger partial charge in [-0.2, -0.15) is 0 Å². The predicted molar refractivity (Wildman–Crippen MR) is 87.0 cm³/mol. The summed E-state index contributed by atoms with van der Waals surface area (Å²) in [6.45, 7) is 1.90. The Morgan fingerprint density at radius 1 is 1.08 bits per heavy atom. The van der Waals surface area contributed by atoms with Gasteiger partial charge in [0.15, 0.2) is 5.82 Å². The molecular weight excluding hydrogens is 312 g/mol. The maximum absolute atomic E-state index is 12.0. The molecule has 2 heterocycles. The van der Waals surface area contributed by atoms with Crippen molar-refractivity contribution in [3.8, 4) is 11.4 Å². The summed E-state index contributed by atoms with van der Waals surface area (Å²) in [7, 11) is 2.95. The van der Waals surface area contributed by atoms with Crippen LogP contribution in [0.25, 0.3) is 11.4 Å². The van der Waals surface area contributed by atoms with Gasteiger partial charge >= 0.3 is 11.4 Å². The van der Waals surface area contributed by atoms with Crippen molar-refractivity contribution in [1.82, 2.24) is 18.9 Å². The molecule has 0 spiro atoms. The first kappa shape index (κ1) is 15.7. The number of aromatic nitrogens is 4. The van der Waals surface area contributed by atoms with E-state index in [0.29, 0.717) is 11.5 Å². The van der Waals surface area contributed by atoms with Crippen LogP contribution in [0, 0.1) is 6.92 Å². The third kappa shape index (κ3) is 2.51. The van der Waals surface area contributed by atoms with E-state index in [4.69, 9.17) is 4.52 Å². The Morgan fingerprint density at radius 3 is 2.50 bits per heavy atom. The van der Waals surface area contributed by atoms with Crippen molar-refractivity contribution >= 4 is 0 Å². The molecular formula is C16H16N4O4. The molecule has 0 amide bonds. The van der Waals surface area contributed by atoms with Gasteiger partial charge in [-0.05, 0) is 12.5 Å². The summed E-state index contributed by atoms with van der Waals surface area (Å²) in [5.74, 6) is -0.299. The first-order valence-corrected chi connectivity index (χ1v) is 7.28. The highest BCUT2D eigenvalue weighted by Crippen LogP contribution is 2.20. The molecule has 0 aliphatic heterocycles. The Kier molecular flexibility index (Phi) is 3.80. The van der Waals surface area contributed by atoms with E-state index in [9.17, 15) is 14.4 Å². The topological polar surface area (TPSA) is 92.0 Å². The van der Waals surface area contributed by atoms with Crippen molar-refractivity contribution in [3.05, 3.63) is 73.0 Å². The molecule has 124 valence electrons. The SMILES string of the molecule is Cc1ccccc1-c1noc(=O)n1Cc1cc(=O)n(C)c(=O)n1C. The van der Waals surface area contributed by atoms with E-state index in [1.807, 2.05) is 31.2 Å². The minimum Gasteiger partial charge on any atom is -0.299 e. The summed E-state index contributed by atoms with van der Waals surface area (Å²) in [5, 5.41) is 3.84. The monoisotopic (exact) mass is 328 g/mol. The minimum atomic E-state index is -0.652. The van der Waals surface area contributed by atoms with Gasteiger partial charge in [0.25, 0.3) is 5.56 Å². The maximum atomic E-state index is 12.0. The lowest BCUT2D eigenvalue weighted by Crippen LogP contribution is -2.38. The van der Waals surface area contributed by atoms with Crippen LogP contribution in [0.15, 0.2) is 49.2 Å². The van der Waals surface area contributed by atoms with Crippen molar-refractivity contribution in [2.24, 2.45) is 14.1 Å². The Morgan fingerprint density at radius 2 is 1.79 bits per heavy atom. The van der Waals surface area contributed by atoms with Gasteiger partial charge in [-0.3, -0.25) is 23.0 Å². The Labute approximate surface area is 136 Å². The van der Waals surface area contributed by atoms with E-state index < -0.39 is 17.0 Å². The average molecular weight is 328 g/mol. The molecule has 0 radical (unpaired) electrons. The van der Waals surface area contributed by atoms with E-state index in [0.717, 1.165) is 15.7 Å². The highest BCUT2D eigenvalue weighted by Gasteiger charge is 2.16. The van der Waals surface area contributed by atoms with E-state index in [1.54, 1.807) is 7.05 Å². The van der Waals surface area contributed by atoms with Crippen molar-refractivity contribution in [2.45, 2.75) is 13.5 Å². The third-order valence-corrected chi connectivity index (χ3v) is 4.02. The molecule has 2 aromatic heterocycles. The molecule has 3 rings (SSSR count). The van der Waals surface area contributed by atoms with Crippen molar-refractivity contribution < 1.29 is 4.52 Å². The molecule has 0 saturated carbocycles. The second-order valence-electron chi connectivity index (χ2n) is 5.55. The third-order valence-electron chi connectivity index (χ3n) is 4.02. The summed E-state index contributed by atoms with van der Waals surface area (Å²) in [5.41, 5.74) is 1.17. The van der Waals surface area contributed by atoms with E-state index >= 15 is 0 Å². The molecule has 1 aromatic carbocycles. The van der Waals surface area contributed by atoms with Crippen molar-refractivity contribution in [2.75, 3.05) is 0 Å². The summed E-state index contributed by atoms with van der Waals surface area (Å²) in [6.07, 6.45) is 0. The summed E-state index contributed by atoms with van der Waals surface area (Å²) in [6, 6.07) is 8.76. The van der Waals surface area contributed by atoms with Gasteiger partial charge in [0.2, 0.25) is 0 Å². The molecule has 8 heteroatoms. The fraction of sp³-hybridized carbons (Fsp3) is 0.250. The van der Waals surface area contributed by atoms with Gasteiger partial charge in [0, 0.05) is 31.4 Å². The van der Waals surface area contributed by atoms with Gasteiger partial charge in [-0.15, -0.1) is 0 Å². The van der Waals surface area contributed by atoms with Crippen LogP contribution in [0.5, 0.6) is 0 Å². The largest absolute Gasteiger partial charge is 0.442 e. The van der Waals surface area contributed by atoms with Gasteiger partial charge in [0.05, 0.1) is 6.54 Å². The van der Waals surface area contributed by atoms with Crippen LogP contribution in [0.4, 0.5) is 0 Å². The lowest BCUT2D eigenvalue weighted by atomic mass is 10.1. The molecule has 0 atom stereocenters.